The molecule has 3 heterocycles. The number of nitrogens with zero attached hydrogens (tertiary/aromatic N) is 3. The van der Waals surface area contributed by atoms with Gasteiger partial charge in [0.1, 0.15) is 22.4 Å². The van der Waals surface area contributed by atoms with Crippen molar-refractivity contribution in [2.45, 2.75) is 31.4 Å². The zero-order chi connectivity index (χ0) is 21.6. The zero-order valence-electron chi connectivity index (χ0n) is 17.0. The molecule has 1 aromatic heterocycles. The van der Waals surface area contributed by atoms with Crippen molar-refractivity contribution in [2.75, 3.05) is 24.1 Å². The number of piperidine rings is 1. The Morgan fingerprint density at radius 3 is 2.65 bits per heavy atom. The van der Waals surface area contributed by atoms with E-state index in [1.165, 1.54) is 0 Å². The van der Waals surface area contributed by atoms with Gasteiger partial charge in [-0.1, -0.05) is 6.07 Å². The maximum Gasteiger partial charge on any atom is 0.229 e. The Hall–Kier alpha value is -2.98. The number of hydrogen-bond donors (Lipinski definition) is 1. The molecule has 1 fully saturated rings. The quantitative estimate of drug-likeness (QED) is 0.656. The Morgan fingerprint density at radius 2 is 1.87 bits per heavy atom. The first-order valence-electron chi connectivity index (χ1n) is 10.1. The Kier molecular flexibility index (Phi) is 4.71. The van der Waals surface area contributed by atoms with Crippen LogP contribution in [0.2, 0.25) is 0 Å². The van der Waals surface area contributed by atoms with Crippen molar-refractivity contribution in [2.24, 2.45) is 0 Å². The summed E-state index contributed by atoms with van der Waals surface area (Å²) in [5.74, 6) is 0.503. The molecule has 1 saturated heterocycles. The van der Waals surface area contributed by atoms with Crippen LogP contribution in [0.1, 0.15) is 35.2 Å². The highest BCUT2D eigenvalue weighted by Gasteiger charge is 2.43. The monoisotopic (exact) mass is 442 g/mol. The molecule has 3 aromatic rings. The number of anilines is 1. The number of sulfonamides is 1. The molecule has 9 nitrogen and oxygen atoms in total. The van der Waals surface area contributed by atoms with Crippen LogP contribution >= 0.6 is 0 Å². The lowest BCUT2D eigenvalue weighted by atomic mass is 9.82. The largest absolute Gasteiger partial charge is 0.486 e. The molecule has 0 atom stereocenters. The molecule has 2 aliphatic rings. The van der Waals surface area contributed by atoms with E-state index in [2.05, 4.69) is 19.9 Å². The summed E-state index contributed by atoms with van der Waals surface area (Å²) in [5, 5.41) is 7.73. The van der Waals surface area contributed by atoms with E-state index in [0.717, 1.165) is 55.3 Å². The van der Waals surface area contributed by atoms with Gasteiger partial charge in [0.2, 0.25) is 10.0 Å². The molecule has 162 valence electrons. The summed E-state index contributed by atoms with van der Waals surface area (Å²) in [6.07, 6.45) is 2.87. The standard InChI is InChI=1S/C21H22N4O5S/c1-31(27,28)24-15-3-5-20-16(11-15)19(26)12-21(29-20)6-8-25(9-7-21)13-14-2-4-17-18(10-14)23-30-22-17/h2-5,10-11,24H,6-9,12-13H2,1H3. The highest BCUT2D eigenvalue weighted by molar-refractivity contribution is 7.92. The molecule has 31 heavy (non-hydrogen) atoms. The van der Waals surface area contributed by atoms with Crippen LogP contribution in [0.5, 0.6) is 5.75 Å². The van der Waals surface area contributed by atoms with Crippen LogP contribution in [0.3, 0.4) is 0 Å². The number of likely N-dealkylation sites (tertiary alicyclic amines) is 1. The first-order valence-corrected chi connectivity index (χ1v) is 12.0. The van der Waals surface area contributed by atoms with Gasteiger partial charge in [-0.2, -0.15) is 0 Å². The normalized spacial score (nSPS) is 18.7. The SMILES string of the molecule is CS(=O)(=O)Nc1ccc2c(c1)C(=O)CC1(CCN(Cc3ccc4nonc4c3)CC1)O2. The van der Waals surface area contributed by atoms with Crippen LogP contribution in [-0.2, 0) is 16.6 Å². The molecule has 1 N–H and O–H groups in total. The van der Waals surface area contributed by atoms with Gasteiger partial charge in [0.15, 0.2) is 5.78 Å². The molecule has 0 aliphatic carbocycles. The molecular formula is C21H22N4O5S. The van der Waals surface area contributed by atoms with E-state index in [1.54, 1.807) is 18.2 Å². The molecule has 0 unspecified atom stereocenters. The van der Waals surface area contributed by atoms with Gasteiger partial charge < -0.3 is 4.74 Å². The maximum absolute atomic E-state index is 12.9. The van der Waals surface area contributed by atoms with E-state index in [4.69, 9.17) is 9.37 Å². The van der Waals surface area contributed by atoms with Crippen LogP contribution in [0.25, 0.3) is 11.0 Å². The fraction of sp³-hybridized carbons (Fsp3) is 0.381. The molecule has 0 amide bonds. The smallest absolute Gasteiger partial charge is 0.229 e. The minimum Gasteiger partial charge on any atom is -0.486 e. The van der Waals surface area contributed by atoms with Crippen molar-refractivity contribution in [1.82, 2.24) is 15.2 Å². The molecule has 10 heteroatoms. The highest BCUT2D eigenvalue weighted by Crippen LogP contribution is 2.40. The van der Waals surface area contributed by atoms with Gasteiger partial charge in [-0.15, -0.1) is 0 Å². The van der Waals surface area contributed by atoms with Crippen LogP contribution in [0.15, 0.2) is 41.0 Å². The van der Waals surface area contributed by atoms with Crippen molar-refractivity contribution >= 4 is 32.5 Å². The molecule has 0 saturated carbocycles. The topological polar surface area (TPSA) is 115 Å². The van der Waals surface area contributed by atoms with Crippen molar-refractivity contribution in [3.05, 3.63) is 47.5 Å². The number of benzene rings is 2. The van der Waals surface area contributed by atoms with Crippen LogP contribution in [0, 0.1) is 0 Å². The number of rotatable bonds is 4. The Bertz CT molecular complexity index is 1260. The van der Waals surface area contributed by atoms with Crippen LogP contribution in [-0.4, -0.2) is 54.4 Å². The molecule has 0 bridgehead atoms. The molecular weight excluding hydrogens is 420 g/mol. The lowest BCUT2D eigenvalue weighted by Crippen LogP contribution is -2.50. The average Bonchev–Trinajstić information content (AvgIpc) is 3.17. The Balaban J connectivity index is 1.27. The third kappa shape index (κ3) is 4.13. The number of Topliss-reactive ketones (excluding diaryl/α,β-unsaturated/α-hetero) is 1. The summed E-state index contributed by atoms with van der Waals surface area (Å²) in [6.45, 7) is 2.40. The third-order valence-corrected chi connectivity index (χ3v) is 6.49. The van der Waals surface area contributed by atoms with Crippen molar-refractivity contribution in [3.8, 4) is 5.75 Å². The summed E-state index contributed by atoms with van der Waals surface area (Å²) in [6, 6.07) is 10.8. The van der Waals surface area contributed by atoms with Crippen LogP contribution in [0.4, 0.5) is 5.69 Å². The minimum absolute atomic E-state index is 0.0177. The number of fused-ring (bicyclic) bond motifs is 2. The number of ether oxygens (including phenoxy) is 1. The highest BCUT2D eigenvalue weighted by atomic mass is 32.2. The summed E-state index contributed by atoms with van der Waals surface area (Å²) in [5.41, 5.74) is 2.90. The van der Waals surface area contributed by atoms with Gasteiger partial charge in [0.25, 0.3) is 0 Å². The molecule has 2 aliphatic heterocycles. The number of ketones is 1. The number of aromatic nitrogens is 2. The number of hydrogen-bond acceptors (Lipinski definition) is 8. The third-order valence-electron chi connectivity index (χ3n) is 5.88. The molecule has 5 rings (SSSR count). The van der Waals surface area contributed by atoms with E-state index in [9.17, 15) is 13.2 Å². The number of carbonyl (C=O) groups is 1. The first kappa shape index (κ1) is 20.0. The fourth-order valence-electron chi connectivity index (χ4n) is 4.35. The van der Waals surface area contributed by atoms with Gasteiger partial charge in [0.05, 0.1) is 18.2 Å². The Morgan fingerprint density at radius 1 is 1.10 bits per heavy atom. The predicted molar refractivity (Wildman–Crippen MR) is 114 cm³/mol. The Labute approximate surface area is 179 Å². The second kappa shape index (κ2) is 7.31. The lowest BCUT2D eigenvalue weighted by Gasteiger charge is -2.44. The molecule has 2 aromatic carbocycles. The summed E-state index contributed by atoms with van der Waals surface area (Å²) in [4.78, 5) is 15.2. The van der Waals surface area contributed by atoms with Gasteiger partial charge >= 0.3 is 0 Å². The van der Waals surface area contributed by atoms with E-state index in [-0.39, 0.29) is 5.78 Å². The average molecular weight is 442 g/mol. The van der Waals surface area contributed by atoms with E-state index < -0.39 is 15.6 Å². The van der Waals surface area contributed by atoms with Crippen molar-refractivity contribution in [1.29, 1.82) is 0 Å². The molecule has 0 radical (unpaired) electrons. The van der Waals surface area contributed by atoms with Crippen molar-refractivity contribution < 1.29 is 22.6 Å². The van der Waals surface area contributed by atoms with E-state index in [0.29, 0.717) is 23.4 Å². The van der Waals surface area contributed by atoms with Crippen molar-refractivity contribution in [3.63, 3.8) is 0 Å². The number of carbonyl (C=O) groups excluding carboxylic acids is 1. The predicted octanol–water partition coefficient (Wildman–Crippen LogP) is 2.59. The second-order valence-electron chi connectivity index (χ2n) is 8.33. The summed E-state index contributed by atoms with van der Waals surface area (Å²) in [7, 11) is -3.41. The van der Waals surface area contributed by atoms with Gasteiger partial charge in [-0.3, -0.25) is 14.4 Å². The lowest BCUT2D eigenvalue weighted by molar-refractivity contribution is -0.0107. The van der Waals surface area contributed by atoms with Gasteiger partial charge in [-0.25, -0.2) is 13.0 Å². The van der Waals surface area contributed by atoms with Crippen LogP contribution < -0.4 is 9.46 Å². The minimum atomic E-state index is -3.41. The first-order chi connectivity index (χ1) is 14.8. The van der Waals surface area contributed by atoms with Gasteiger partial charge in [-0.05, 0) is 46.2 Å². The fourth-order valence-corrected chi connectivity index (χ4v) is 4.91. The number of nitrogens with one attached hydrogen (secondary N) is 1. The summed E-state index contributed by atoms with van der Waals surface area (Å²) < 4.78 is 36.4. The molecule has 1 spiro atoms. The van der Waals surface area contributed by atoms with Gasteiger partial charge in [0, 0.05) is 38.2 Å². The maximum atomic E-state index is 12.9. The van der Waals surface area contributed by atoms with E-state index in [1.807, 2.05) is 18.2 Å². The zero-order valence-corrected chi connectivity index (χ0v) is 17.8. The van der Waals surface area contributed by atoms with E-state index >= 15 is 0 Å². The summed E-state index contributed by atoms with van der Waals surface area (Å²) >= 11 is 0. The second-order valence-corrected chi connectivity index (χ2v) is 10.1.